The van der Waals surface area contributed by atoms with Gasteiger partial charge in [-0.1, -0.05) is 6.07 Å². The SMILES string of the molecule is Cc1cn(-c2ccc(-c3csc(Nc4c5c(nn4CCCO)CCCC5)n3)cc2F)cn1. The van der Waals surface area contributed by atoms with Crippen LogP contribution in [0.15, 0.2) is 36.1 Å². The van der Waals surface area contributed by atoms with Crippen molar-refractivity contribution in [2.45, 2.75) is 45.6 Å². The molecule has 0 saturated carbocycles. The maximum Gasteiger partial charge on any atom is 0.188 e. The molecule has 32 heavy (non-hydrogen) atoms. The number of hydrogen-bond acceptors (Lipinski definition) is 6. The summed E-state index contributed by atoms with van der Waals surface area (Å²) in [6.45, 7) is 2.66. The molecule has 3 heterocycles. The largest absolute Gasteiger partial charge is 0.396 e. The summed E-state index contributed by atoms with van der Waals surface area (Å²) in [5.74, 6) is 0.643. The van der Waals surface area contributed by atoms with Crippen LogP contribution in [0.4, 0.5) is 15.3 Å². The van der Waals surface area contributed by atoms with Crippen LogP contribution in [0.1, 0.15) is 36.2 Å². The first-order valence-corrected chi connectivity index (χ1v) is 11.7. The summed E-state index contributed by atoms with van der Waals surface area (Å²) in [7, 11) is 0. The molecule has 3 aromatic heterocycles. The third-order valence-electron chi connectivity index (χ3n) is 5.71. The van der Waals surface area contributed by atoms with E-state index in [0.29, 0.717) is 18.7 Å². The lowest BCUT2D eigenvalue weighted by molar-refractivity contribution is 0.277. The van der Waals surface area contributed by atoms with Gasteiger partial charge in [-0.25, -0.2) is 19.0 Å². The number of anilines is 2. The van der Waals surface area contributed by atoms with E-state index in [1.54, 1.807) is 23.2 Å². The topological polar surface area (TPSA) is 80.8 Å². The Bertz CT molecular complexity index is 1240. The van der Waals surface area contributed by atoms with Crippen molar-refractivity contribution in [1.29, 1.82) is 0 Å². The van der Waals surface area contributed by atoms with E-state index in [2.05, 4.69) is 10.3 Å². The van der Waals surface area contributed by atoms with Crippen LogP contribution in [0.3, 0.4) is 0 Å². The minimum atomic E-state index is -0.321. The highest BCUT2D eigenvalue weighted by Crippen LogP contribution is 2.33. The number of benzene rings is 1. The monoisotopic (exact) mass is 452 g/mol. The van der Waals surface area contributed by atoms with Gasteiger partial charge in [0.1, 0.15) is 11.6 Å². The van der Waals surface area contributed by atoms with Crippen LogP contribution in [-0.2, 0) is 19.4 Å². The molecule has 166 valence electrons. The molecule has 0 spiro atoms. The van der Waals surface area contributed by atoms with Gasteiger partial charge in [0.2, 0.25) is 0 Å². The van der Waals surface area contributed by atoms with E-state index in [1.165, 1.54) is 23.0 Å². The van der Waals surface area contributed by atoms with Crippen molar-refractivity contribution in [2.24, 2.45) is 0 Å². The molecule has 7 nitrogen and oxygen atoms in total. The van der Waals surface area contributed by atoms with Crippen LogP contribution >= 0.6 is 11.3 Å². The van der Waals surface area contributed by atoms with E-state index < -0.39 is 0 Å². The number of aliphatic hydroxyl groups excluding tert-OH is 1. The zero-order valence-electron chi connectivity index (χ0n) is 17.9. The second-order valence-electron chi connectivity index (χ2n) is 8.03. The van der Waals surface area contributed by atoms with Gasteiger partial charge < -0.3 is 15.0 Å². The smallest absolute Gasteiger partial charge is 0.188 e. The number of fused-ring (bicyclic) bond motifs is 1. The van der Waals surface area contributed by atoms with Crippen molar-refractivity contribution < 1.29 is 9.50 Å². The highest BCUT2D eigenvalue weighted by Gasteiger charge is 2.21. The molecule has 1 aliphatic carbocycles. The van der Waals surface area contributed by atoms with E-state index >= 15 is 0 Å². The van der Waals surface area contributed by atoms with E-state index in [9.17, 15) is 9.50 Å². The van der Waals surface area contributed by atoms with Gasteiger partial charge in [0.05, 0.1) is 29.1 Å². The van der Waals surface area contributed by atoms with Crippen LogP contribution in [0.2, 0.25) is 0 Å². The molecule has 0 aliphatic heterocycles. The average molecular weight is 453 g/mol. The summed E-state index contributed by atoms with van der Waals surface area (Å²) in [6, 6.07) is 5.13. The van der Waals surface area contributed by atoms with Gasteiger partial charge in [-0.3, -0.25) is 0 Å². The highest BCUT2D eigenvalue weighted by molar-refractivity contribution is 7.14. The third kappa shape index (κ3) is 4.05. The average Bonchev–Trinajstić information content (AvgIpc) is 3.52. The standard InChI is InChI=1S/C23H25FN6OS/c1-15-12-29(14-25-15)21-8-7-16(11-18(21)24)20-13-32-23(26-20)27-22-17-5-2-3-6-19(17)28-30(22)9-4-10-31/h7-8,11-14,31H,2-6,9-10H2,1H3,(H,26,27). The van der Waals surface area contributed by atoms with Crippen LogP contribution in [0.25, 0.3) is 16.9 Å². The zero-order chi connectivity index (χ0) is 22.1. The molecule has 1 aliphatic rings. The fraction of sp³-hybridized carbons (Fsp3) is 0.348. The molecule has 0 atom stereocenters. The molecule has 0 fully saturated rings. The first-order valence-electron chi connectivity index (χ1n) is 10.8. The van der Waals surface area contributed by atoms with Crippen molar-refractivity contribution >= 4 is 22.3 Å². The Labute approximate surface area is 189 Å². The van der Waals surface area contributed by atoms with Gasteiger partial charge in [-0.05, 0) is 51.2 Å². The lowest BCUT2D eigenvalue weighted by Crippen LogP contribution is -2.07. The number of aliphatic hydroxyl groups is 1. The Hall–Kier alpha value is -3.04. The first kappa shape index (κ1) is 20.8. The first-order chi connectivity index (χ1) is 15.6. The number of thiazole rings is 1. The van der Waals surface area contributed by atoms with Crippen LogP contribution in [-0.4, -0.2) is 36.0 Å². The summed E-state index contributed by atoms with van der Waals surface area (Å²) in [6.07, 6.45) is 8.35. The number of imidazole rings is 1. The fourth-order valence-electron chi connectivity index (χ4n) is 4.12. The number of hydrogen-bond donors (Lipinski definition) is 2. The van der Waals surface area contributed by atoms with Crippen LogP contribution in [0, 0.1) is 12.7 Å². The summed E-state index contributed by atoms with van der Waals surface area (Å²) in [4.78, 5) is 8.87. The summed E-state index contributed by atoms with van der Waals surface area (Å²) in [5.41, 5.74) is 5.13. The van der Waals surface area contributed by atoms with Crippen molar-refractivity contribution in [1.82, 2.24) is 24.3 Å². The molecule has 0 amide bonds. The van der Waals surface area contributed by atoms with Crippen molar-refractivity contribution in [2.75, 3.05) is 11.9 Å². The number of rotatable bonds is 7. The Morgan fingerprint density at radius 3 is 2.91 bits per heavy atom. The highest BCUT2D eigenvalue weighted by atomic mass is 32.1. The summed E-state index contributed by atoms with van der Waals surface area (Å²) < 4.78 is 18.4. The van der Waals surface area contributed by atoms with Crippen molar-refractivity contribution in [3.8, 4) is 16.9 Å². The zero-order valence-corrected chi connectivity index (χ0v) is 18.7. The Morgan fingerprint density at radius 1 is 1.25 bits per heavy atom. The van der Waals surface area contributed by atoms with E-state index in [4.69, 9.17) is 10.1 Å². The van der Waals surface area contributed by atoms with Gasteiger partial charge in [-0.15, -0.1) is 11.3 Å². The lowest BCUT2D eigenvalue weighted by Gasteiger charge is -2.12. The molecule has 0 unspecified atom stereocenters. The maximum absolute atomic E-state index is 14.8. The minimum Gasteiger partial charge on any atom is -0.396 e. The minimum absolute atomic E-state index is 0.131. The van der Waals surface area contributed by atoms with Crippen molar-refractivity contribution in [3.63, 3.8) is 0 Å². The van der Waals surface area contributed by atoms with Gasteiger partial charge in [0.25, 0.3) is 0 Å². The van der Waals surface area contributed by atoms with Crippen molar-refractivity contribution in [3.05, 3.63) is 58.9 Å². The molecular weight excluding hydrogens is 427 g/mol. The normalized spacial score (nSPS) is 13.3. The Morgan fingerprint density at radius 2 is 2.12 bits per heavy atom. The quantitative estimate of drug-likeness (QED) is 0.427. The molecule has 0 radical (unpaired) electrons. The second-order valence-corrected chi connectivity index (χ2v) is 8.89. The number of aromatic nitrogens is 5. The summed E-state index contributed by atoms with van der Waals surface area (Å²) >= 11 is 1.49. The molecule has 5 rings (SSSR count). The molecule has 0 bridgehead atoms. The van der Waals surface area contributed by atoms with Gasteiger partial charge in [-0.2, -0.15) is 5.10 Å². The molecule has 0 saturated heterocycles. The number of nitrogens with zero attached hydrogens (tertiary/aromatic N) is 5. The van der Waals surface area contributed by atoms with E-state index in [1.807, 2.05) is 23.1 Å². The number of nitrogens with one attached hydrogen (secondary N) is 1. The number of halogens is 1. The second kappa shape index (κ2) is 8.84. The molecular formula is C23H25FN6OS. The summed E-state index contributed by atoms with van der Waals surface area (Å²) in [5, 5.41) is 20.1. The van der Waals surface area contributed by atoms with Crippen LogP contribution < -0.4 is 5.32 Å². The molecule has 4 aromatic rings. The molecule has 9 heteroatoms. The van der Waals surface area contributed by atoms with Gasteiger partial charge in [0.15, 0.2) is 5.13 Å². The predicted molar refractivity (Wildman–Crippen MR) is 123 cm³/mol. The maximum atomic E-state index is 14.8. The molecule has 2 N–H and O–H groups in total. The van der Waals surface area contributed by atoms with Gasteiger partial charge in [0, 0.05) is 35.9 Å². The van der Waals surface area contributed by atoms with E-state index in [-0.39, 0.29) is 12.4 Å². The number of aryl methyl sites for hydroxylation is 3. The predicted octanol–water partition coefficient (Wildman–Crippen LogP) is 4.64. The van der Waals surface area contributed by atoms with Gasteiger partial charge >= 0.3 is 0 Å². The third-order valence-corrected chi connectivity index (χ3v) is 6.47. The Kier molecular flexibility index (Phi) is 5.75. The van der Waals surface area contributed by atoms with E-state index in [0.717, 1.165) is 59.3 Å². The Balaban J connectivity index is 1.40. The van der Waals surface area contributed by atoms with Crippen LogP contribution in [0.5, 0.6) is 0 Å². The molecule has 1 aromatic carbocycles. The fourth-order valence-corrected chi connectivity index (χ4v) is 4.84. The lowest BCUT2D eigenvalue weighted by atomic mass is 9.97.